The molecular weight excluding hydrogens is 1460 g/mol. The van der Waals surface area contributed by atoms with Crippen LogP contribution in [-0.2, 0) is 29.5 Å². The van der Waals surface area contributed by atoms with E-state index < -0.39 is 68.8 Å². The number of nitrogens with zero attached hydrogens (tertiary/aromatic N) is 7. The van der Waals surface area contributed by atoms with Gasteiger partial charge >= 0.3 is 23.9 Å². The standard InChI is InChI=1S/C22H34Cl2N2O4Si.C22H33ClN2O4Si.C21H20ClFN2O4.C6H3Cl2NO2/c1-9-29-21(28)16(20(27)15-10-19(24)26-12-17(15)23)11-25-18(14(2)3)13-30-31(7,8)22(4,5)6;1-9-28-21(27)16-12-25(17-11-24-19(23)10-15(17)20(16)26)18(14(2)3)13-29-30(7,8)22(4,5)6;1-11(2)18(10-26)25-9-15(21(28)29)20(27)14-7-13(24-8-17(14)25)6-12-4-3-5-16(22)19(12)23;7-4-2-9-5(8)1-3(4)6(10)11/h10-12,14,18,27H,9,13H2,1-8H3;10-12,14,18H,9,13H2,1-8H3;3-5,7-9,11,18,26H,6,10H2,1-2H3,(H,28,29);1-2H,(H,10,11)/t3*18-;/m111./s1. The molecule has 0 aliphatic heterocycles. The van der Waals surface area contributed by atoms with Gasteiger partial charge in [0.15, 0.2) is 16.6 Å². The number of hydrogen-bond acceptors (Lipinski definition) is 17. The molecule has 6 aromatic heterocycles. The number of esters is 2. The van der Waals surface area contributed by atoms with Crippen molar-refractivity contribution in [2.75, 3.05) is 33.0 Å². The number of rotatable bonds is 23. The fourth-order valence-electron chi connectivity index (χ4n) is 9.09. The summed E-state index contributed by atoms with van der Waals surface area (Å²) in [5, 5.41) is 39.9. The Morgan fingerprint density at radius 1 is 0.604 bits per heavy atom. The van der Waals surface area contributed by atoms with Crippen molar-refractivity contribution in [2.24, 2.45) is 22.7 Å². The third kappa shape index (κ3) is 23.4. The molecule has 0 aliphatic carbocycles. The van der Waals surface area contributed by atoms with Crippen LogP contribution in [0, 0.1) is 23.6 Å². The van der Waals surface area contributed by atoms with Crippen molar-refractivity contribution in [1.29, 1.82) is 0 Å². The van der Waals surface area contributed by atoms with Gasteiger partial charge in [0.2, 0.25) is 10.9 Å². The summed E-state index contributed by atoms with van der Waals surface area (Å²) in [5.74, 6) is -4.43. The molecule has 550 valence electrons. The van der Waals surface area contributed by atoms with E-state index in [4.69, 9.17) is 93.0 Å². The molecule has 0 spiro atoms. The van der Waals surface area contributed by atoms with E-state index in [1.165, 1.54) is 61.3 Å². The van der Waals surface area contributed by atoms with E-state index in [0.717, 1.165) is 0 Å². The van der Waals surface area contributed by atoms with Crippen molar-refractivity contribution in [3.63, 3.8) is 0 Å². The lowest BCUT2D eigenvalue weighted by atomic mass is 10.0. The van der Waals surface area contributed by atoms with Crippen LogP contribution in [0.2, 0.25) is 66.8 Å². The summed E-state index contributed by atoms with van der Waals surface area (Å²) in [6.45, 7) is 38.3. The number of pyridine rings is 6. The SMILES string of the molecule is CC(C)[C@@H](CO)n1cc(C(=O)O)c(=O)c2cc(Cc3cccc(Cl)c3F)ncc21.CCOC(=O)C(C=N[C@H](CO[Si](C)(C)C(C)(C)C)C(C)C)=C(O)c1cc(Cl)ncc1Cl.CCOC(=O)c1cn([C@H](CO[Si](C)(C)C(C)(C)C)C(C)C)c2cnc(Cl)cc2c1=O.O=C(O)c1cc(Cl)ncc1Cl. The van der Waals surface area contributed by atoms with Gasteiger partial charge in [0.05, 0.1) is 101 Å². The average Bonchev–Trinajstić information content (AvgIpc) is 0.768. The summed E-state index contributed by atoms with van der Waals surface area (Å²) in [6.07, 6.45) is 9.78. The summed E-state index contributed by atoms with van der Waals surface area (Å²) in [4.78, 5) is 93.3. The first kappa shape index (κ1) is 86.7. The van der Waals surface area contributed by atoms with Crippen LogP contribution in [-0.4, -0.2) is 135 Å². The van der Waals surface area contributed by atoms with Crippen LogP contribution < -0.4 is 10.9 Å². The smallest absolute Gasteiger partial charge is 0.343 e. The van der Waals surface area contributed by atoms with E-state index >= 15 is 0 Å². The second-order valence-corrected chi connectivity index (χ2v) is 39.5. The van der Waals surface area contributed by atoms with Crippen molar-refractivity contribution >= 4 is 144 Å². The molecule has 30 heteroatoms. The minimum absolute atomic E-state index is 0.00964. The predicted molar refractivity (Wildman–Crippen MR) is 404 cm³/mol. The van der Waals surface area contributed by atoms with Crippen LogP contribution >= 0.6 is 69.6 Å². The van der Waals surface area contributed by atoms with Crippen molar-refractivity contribution in [3.05, 3.63) is 176 Å². The Bertz CT molecular complexity index is 4290. The number of carboxylic acid groups (broad SMARTS) is 2. The number of halogens is 7. The molecule has 0 unspecified atom stereocenters. The van der Waals surface area contributed by atoms with Gasteiger partial charge in [0.25, 0.3) is 0 Å². The van der Waals surface area contributed by atoms with E-state index in [-0.39, 0.29) is 130 Å². The molecule has 0 radical (unpaired) electrons. The van der Waals surface area contributed by atoms with Gasteiger partial charge in [0.1, 0.15) is 43.7 Å². The van der Waals surface area contributed by atoms with Crippen molar-refractivity contribution in [1.82, 2.24) is 29.1 Å². The van der Waals surface area contributed by atoms with Crippen LogP contribution in [0.3, 0.4) is 0 Å². The highest BCUT2D eigenvalue weighted by atomic mass is 35.5. The summed E-state index contributed by atoms with van der Waals surface area (Å²) in [5.41, 5.74) is 0.302. The molecule has 0 saturated carbocycles. The quantitative estimate of drug-likeness (QED) is 0.0116. The molecule has 101 heavy (non-hydrogen) atoms. The van der Waals surface area contributed by atoms with Crippen molar-refractivity contribution in [3.8, 4) is 0 Å². The van der Waals surface area contributed by atoms with Gasteiger partial charge in [-0.1, -0.05) is 165 Å². The summed E-state index contributed by atoms with van der Waals surface area (Å²) in [7, 11) is -3.94. The van der Waals surface area contributed by atoms with E-state index in [9.17, 15) is 48.5 Å². The average molecular weight is 1550 g/mol. The second kappa shape index (κ2) is 37.7. The fourth-order valence-corrected chi connectivity index (χ4v) is 12.2. The van der Waals surface area contributed by atoms with E-state index in [2.05, 4.69) is 107 Å². The lowest BCUT2D eigenvalue weighted by Crippen LogP contribution is -2.43. The molecule has 6 heterocycles. The maximum atomic E-state index is 14.2. The molecule has 0 fully saturated rings. The Labute approximate surface area is 620 Å². The Balaban J connectivity index is 0.000000298. The lowest BCUT2D eigenvalue weighted by molar-refractivity contribution is -0.137. The highest BCUT2D eigenvalue weighted by molar-refractivity contribution is 6.74. The molecule has 0 amide bonds. The summed E-state index contributed by atoms with van der Waals surface area (Å²) in [6, 6.07) is 9.44. The molecule has 0 saturated heterocycles. The Hall–Kier alpha value is -6.69. The van der Waals surface area contributed by atoms with Gasteiger partial charge in [-0.15, -0.1) is 0 Å². The van der Waals surface area contributed by atoms with Crippen LogP contribution in [0.5, 0.6) is 0 Å². The molecule has 7 rings (SSSR count). The van der Waals surface area contributed by atoms with Crippen molar-refractivity contribution < 1.29 is 62.3 Å². The number of ether oxygens (including phenoxy) is 2. The van der Waals surface area contributed by atoms with Gasteiger partial charge in [-0.05, 0) is 104 Å². The zero-order valence-electron chi connectivity index (χ0n) is 59.9. The number of aromatic nitrogens is 6. The van der Waals surface area contributed by atoms with Crippen LogP contribution in [0.4, 0.5) is 4.39 Å². The lowest BCUT2D eigenvalue weighted by Gasteiger charge is -2.38. The summed E-state index contributed by atoms with van der Waals surface area (Å²) >= 11 is 34.9. The first-order valence-corrected chi connectivity index (χ1v) is 40.4. The zero-order chi connectivity index (χ0) is 76.6. The normalized spacial score (nSPS) is 13.2. The van der Waals surface area contributed by atoms with E-state index in [1.54, 1.807) is 42.9 Å². The number of benzene rings is 1. The van der Waals surface area contributed by atoms with Gasteiger partial charge in [-0.3, -0.25) is 19.6 Å². The van der Waals surface area contributed by atoms with E-state index in [0.29, 0.717) is 40.9 Å². The molecular formula is C71H90Cl6FN7O14Si2. The Morgan fingerprint density at radius 2 is 1.07 bits per heavy atom. The topological polar surface area (TPSA) is 294 Å². The van der Waals surface area contributed by atoms with Crippen LogP contribution in [0.15, 0.2) is 99.8 Å². The number of aliphatic hydroxyl groups excluding tert-OH is 2. The monoisotopic (exact) mass is 1550 g/mol. The van der Waals surface area contributed by atoms with Crippen molar-refractivity contribution in [2.45, 2.75) is 158 Å². The first-order chi connectivity index (χ1) is 46.9. The molecule has 0 aliphatic rings. The maximum Gasteiger partial charge on any atom is 0.343 e. The van der Waals surface area contributed by atoms with E-state index in [1.807, 2.05) is 32.3 Å². The number of hydrogen-bond donors (Lipinski definition) is 4. The van der Waals surface area contributed by atoms with Gasteiger partial charge in [-0.2, -0.15) is 0 Å². The molecule has 3 atom stereocenters. The van der Waals surface area contributed by atoms with Gasteiger partial charge < -0.3 is 47.9 Å². The molecule has 0 bridgehead atoms. The molecule has 21 nitrogen and oxygen atoms in total. The number of aromatic carboxylic acids is 2. The molecule has 4 N–H and O–H groups in total. The number of aliphatic hydroxyl groups is 2. The largest absolute Gasteiger partial charge is 0.506 e. The number of carbonyl (C=O) groups excluding carboxylic acids is 2. The highest BCUT2D eigenvalue weighted by Crippen LogP contribution is 2.39. The predicted octanol–water partition coefficient (Wildman–Crippen LogP) is 17.5. The minimum Gasteiger partial charge on any atom is -0.506 e. The minimum atomic E-state index is -1.99. The fraction of sp³-hybridized carbons (Fsp3) is 0.451. The van der Waals surface area contributed by atoms with Crippen LogP contribution in [0.1, 0.15) is 157 Å². The Morgan fingerprint density at radius 3 is 1.56 bits per heavy atom. The van der Waals surface area contributed by atoms with Crippen LogP contribution in [0.25, 0.3) is 27.6 Å². The number of carboxylic acids is 2. The molecule has 1 aromatic carbocycles. The third-order valence-corrected chi connectivity index (χ3v) is 27.8. The summed E-state index contributed by atoms with van der Waals surface area (Å²) < 4.78 is 40.8. The first-order valence-electron chi connectivity index (χ1n) is 32.3. The zero-order valence-corrected chi connectivity index (χ0v) is 66.5. The number of carbonyl (C=O) groups is 4. The molecule has 7 aromatic rings. The second-order valence-electron chi connectivity index (χ2n) is 27.5. The number of fused-ring (bicyclic) bond motifs is 2. The highest BCUT2D eigenvalue weighted by Gasteiger charge is 2.39. The van der Waals surface area contributed by atoms with Gasteiger partial charge in [0, 0.05) is 54.1 Å². The maximum absolute atomic E-state index is 14.2. The number of aliphatic imine (C=N–C) groups is 1. The van der Waals surface area contributed by atoms with Gasteiger partial charge in [-0.25, -0.2) is 38.5 Å². The third-order valence-electron chi connectivity index (χ3n) is 17.3. The Kier molecular flexibility index (Phi) is 32.3.